The first-order valence-electron chi connectivity index (χ1n) is 5.75. The van der Waals surface area contributed by atoms with Crippen LogP contribution in [0.1, 0.15) is 26.2 Å². The van der Waals surface area contributed by atoms with E-state index in [2.05, 4.69) is 10.1 Å². The number of rotatable bonds is 7. The van der Waals surface area contributed by atoms with Crippen LogP contribution in [0.4, 0.5) is 0 Å². The average Bonchev–Trinajstić information content (AvgIpc) is 3.09. The van der Waals surface area contributed by atoms with E-state index in [1.807, 2.05) is 0 Å². The molecule has 1 rings (SSSR count). The van der Waals surface area contributed by atoms with Crippen molar-refractivity contribution in [2.75, 3.05) is 18.6 Å². The van der Waals surface area contributed by atoms with Crippen LogP contribution in [0.3, 0.4) is 0 Å². The Bertz CT molecular complexity index is 315. The lowest BCUT2D eigenvalue weighted by molar-refractivity contribution is -0.144. The smallest absolute Gasteiger partial charge is 0.309 e. The molecule has 0 aromatic heterocycles. The van der Waals surface area contributed by atoms with Gasteiger partial charge in [-0.3, -0.25) is 13.8 Å². The predicted octanol–water partition coefficient (Wildman–Crippen LogP) is 0.213. The Balaban J connectivity index is 2.15. The molecule has 0 aromatic rings. The fourth-order valence-electron chi connectivity index (χ4n) is 1.37. The van der Waals surface area contributed by atoms with Gasteiger partial charge in [0.15, 0.2) is 0 Å². The summed E-state index contributed by atoms with van der Waals surface area (Å²) >= 11 is 0. The molecule has 0 aromatic carbocycles. The Kier molecular flexibility index (Phi) is 5.61. The number of esters is 1. The van der Waals surface area contributed by atoms with Crippen molar-refractivity contribution in [1.29, 1.82) is 0 Å². The third-order valence-corrected chi connectivity index (χ3v) is 4.07. The minimum atomic E-state index is -1.15. The zero-order chi connectivity index (χ0) is 12.8. The van der Waals surface area contributed by atoms with Crippen LogP contribution >= 0.6 is 0 Å². The third-order valence-electron chi connectivity index (χ3n) is 2.54. The van der Waals surface area contributed by atoms with E-state index in [1.54, 1.807) is 6.92 Å². The number of hydrogen-bond donors (Lipinski definition) is 1. The number of methoxy groups -OCH3 is 1. The summed E-state index contributed by atoms with van der Waals surface area (Å²) in [4.78, 5) is 22.4. The monoisotopic (exact) mass is 261 g/mol. The van der Waals surface area contributed by atoms with Crippen LogP contribution in [0.25, 0.3) is 0 Å². The molecule has 0 aliphatic heterocycles. The van der Waals surface area contributed by atoms with E-state index in [-0.39, 0.29) is 30.0 Å². The zero-order valence-corrected chi connectivity index (χ0v) is 11.0. The van der Waals surface area contributed by atoms with Gasteiger partial charge in [-0.1, -0.05) is 6.92 Å². The van der Waals surface area contributed by atoms with Crippen molar-refractivity contribution in [1.82, 2.24) is 5.32 Å². The molecular formula is C11H19NO4S. The lowest BCUT2D eigenvalue weighted by Crippen LogP contribution is -2.27. The maximum absolute atomic E-state index is 11.6. The Labute approximate surface area is 104 Å². The molecule has 0 spiro atoms. The molecule has 2 atom stereocenters. The molecule has 1 aliphatic carbocycles. The second-order valence-electron chi connectivity index (χ2n) is 4.33. The fourth-order valence-corrected chi connectivity index (χ4v) is 2.64. The molecule has 6 heteroatoms. The first kappa shape index (κ1) is 14.2. The summed E-state index contributed by atoms with van der Waals surface area (Å²) in [6.45, 7) is 1.67. The van der Waals surface area contributed by atoms with E-state index < -0.39 is 10.8 Å². The van der Waals surface area contributed by atoms with Crippen LogP contribution in [-0.4, -0.2) is 40.7 Å². The molecule has 1 amide bonds. The summed E-state index contributed by atoms with van der Waals surface area (Å²) in [6.07, 6.45) is 2.36. The number of nitrogens with one attached hydrogen (secondary N) is 1. The highest BCUT2D eigenvalue weighted by molar-refractivity contribution is 7.85. The van der Waals surface area contributed by atoms with Gasteiger partial charge >= 0.3 is 5.97 Å². The number of hydrogen-bond acceptors (Lipinski definition) is 4. The average molecular weight is 261 g/mol. The van der Waals surface area contributed by atoms with Crippen LogP contribution in [0, 0.1) is 5.92 Å². The Morgan fingerprint density at radius 3 is 2.65 bits per heavy atom. The minimum absolute atomic E-state index is 0.0495. The van der Waals surface area contributed by atoms with Crippen LogP contribution in [-0.2, 0) is 25.1 Å². The molecule has 0 saturated heterocycles. The number of ether oxygens (including phenoxy) is 1. The molecule has 1 fully saturated rings. The van der Waals surface area contributed by atoms with Crippen molar-refractivity contribution in [2.45, 2.75) is 32.2 Å². The van der Waals surface area contributed by atoms with Gasteiger partial charge in [-0.25, -0.2) is 0 Å². The first-order valence-corrected chi connectivity index (χ1v) is 7.24. The highest BCUT2D eigenvalue weighted by Gasteiger charge is 2.23. The summed E-state index contributed by atoms with van der Waals surface area (Å²) in [7, 11) is 0.161. The standard InChI is InChI=1S/C11H19NO4S/c1-8(11(14)16-2)7-17(15)6-5-10(13)12-9-3-4-9/h8-9H,3-7H2,1-2H3,(H,12,13). The van der Waals surface area contributed by atoms with Crippen LogP contribution in [0.2, 0.25) is 0 Å². The van der Waals surface area contributed by atoms with Crippen LogP contribution in [0.5, 0.6) is 0 Å². The zero-order valence-electron chi connectivity index (χ0n) is 10.2. The van der Waals surface area contributed by atoms with Gasteiger partial charge in [-0.2, -0.15) is 0 Å². The quantitative estimate of drug-likeness (QED) is 0.665. The molecular weight excluding hydrogens is 242 g/mol. The summed E-state index contributed by atoms with van der Waals surface area (Å²) in [6, 6.07) is 0.338. The number of carbonyl (C=O) groups is 2. The molecule has 98 valence electrons. The number of amides is 1. The predicted molar refractivity (Wildman–Crippen MR) is 64.8 cm³/mol. The highest BCUT2D eigenvalue weighted by atomic mass is 32.2. The van der Waals surface area contributed by atoms with Gasteiger partial charge in [-0.05, 0) is 12.8 Å². The normalized spacial score (nSPS) is 18.2. The van der Waals surface area contributed by atoms with E-state index in [1.165, 1.54) is 7.11 Å². The van der Waals surface area contributed by atoms with Crippen molar-refractivity contribution < 1.29 is 18.5 Å². The van der Waals surface area contributed by atoms with Crippen molar-refractivity contribution >= 4 is 22.7 Å². The van der Waals surface area contributed by atoms with Gasteiger partial charge in [0, 0.05) is 34.8 Å². The van der Waals surface area contributed by atoms with Gasteiger partial charge in [0.1, 0.15) is 0 Å². The molecule has 0 heterocycles. The van der Waals surface area contributed by atoms with Crippen molar-refractivity contribution in [3.05, 3.63) is 0 Å². The van der Waals surface area contributed by atoms with Crippen molar-refractivity contribution in [2.24, 2.45) is 5.92 Å². The molecule has 0 bridgehead atoms. The molecule has 17 heavy (non-hydrogen) atoms. The molecule has 0 radical (unpaired) electrons. The molecule has 5 nitrogen and oxygen atoms in total. The van der Waals surface area contributed by atoms with Crippen LogP contribution in [0.15, 0.2) is 0 Å². The van der Waals surface area contributed by atoms with Gasteiger partial charge in [-0.15, -0.1) is 0 Å². The number of carbonyl (C=O) groups excluding carboxylic acids is 2. The van der Waals surface area contributed by atoms with Gasteiger partial charge in [0.25, 0.3) is 0 Å². The second kappa shape index (κ2) is 6.74. The SMILES string of the molecule is COC(=O)C(C)CS(=O)CCC(=O)NC1CC1. The fraction of sp³-hybridized carbons (Fsp3) is 0.818. The Hall–Kier alpha value is -0.910. The van der Waals surface area contributed by atoms with Gasteiger partial charge < -0.3 is 10.1 Å². The van der Waals surface area contributed by atoms with Gasteiger partial charge in [0.05, 0.1) is 13.0 Å². The lowest BCUT2D eigenvalue weighted by atomic mass is 10.2. The van der Waals surface area contributed by atoms with E-state index in [9.17, 15) is 13.8 Å². The van der Waals surface area contributed by atoms with E-state index in [0.717, 1.165) is 12.8 Å². The maximum Gasteiger partial charge on any atom is 0.309 e. The molecule has 1 saturated carbocycles. The lowest BCUT2D eigenvalue weighted by Gasteiger charge is -2.08. The topological polar surface area (TPSA) is 72.5 Å². The van der Waals surface area contributed by atoms with Crippen LogP contribution < -0.4 is 5.32 Å². The molecule has 2 unspecified atom stereocenters. The summed E-state index contributed by atoms with van der Waals surface area (Å²) in [5.41, 5.74) is 0. The first-order chi connectivity index (χ1) is 8.02. The minimum Gasteiger partial charge on any atom is -0.469 e. The van der Waals surface area contributed by atoms with Crippen molar-refractivity contribution in [3.8, 4) is 0 Å². The maximum atomic E-state index is 11.6. The van der Waals surface area contributed by atoms with E-state index >= 15 is 0 Å². The Morgan fingerprint density at radius 1 is 1.47 bits per heavy atom. The molecule has 1 aliphatic rings. The van der Waals surface area contributed by atoms with E-state index in [0.29, 0.717) is 11.8 Å². The largest absolute Gasteiger partial charge is 0.469 e. The Morgan fingerprint density at radius 2 is 2.12 bits per heavy atom. The van der Waals surface area contributed by atoms with Crippen molar-refractivity contribution in [3.63, 3.8) is 0 Å². The summed E-state index contributed by atoms with van der Waals surface area (Å²) in [5.74, 6) is -0.233. The second-order valence-corrected chi connectivity index (χ2v) is 5.95. The highest BCUT2D eigenvalue weighted by Crippen LogP contribution is 2.18. The van der Waals surface area contributed by atoms with Gasteiger partial charge in [0.2, 0.25) is 5.91 Å². The molecule has 1 N–H and O–H groups in total. The summed E-state index contributed by atoms with van der Waals surface area (Å²) in [5, 5.41) is 2.83. The summed E-state index contributed by atoms with van der Waals surface area (Å²) < 4.78 is 16.1. The third kappa shape index (κ3) is 5.81. The van der Waals surface area contributed by atoms with E-state index in [4.69, 9.17) is 0 Å².